The fourth-order valence-electron chi connectivity index (χ4n) is 1.43. The molecule has 0 amide bonds. The maximum absolute atomic E-state index is 10.6. The summed E-state index contributed by atoms with van der Waals surface area (Å²) in [5, 5.41) is 17.4. The average Bonchev–Trinajstić information content (AvgIpc) is 2.27. The molecule has 2 N–H and O–H groups in total. The molecule has 0 aromatic rings. The van der Waals surface area contributed by atoms with Gasteiger partial charge in [-0.2, -0.15) is 0 Å². The minimum absolute atomic E-state index is 0.510. The van der Waals surface area contributed by atoms with E-state index in [2.05, 4.69) is 0 Å². The summed E-state index contributed by atoms with van der Waals surface area (Å²) in [6.45, 7) is 0. The summed E-state index contributed by atoms with van der Waals surface area (Å²) in [6.07, 6.45) is 4.72. The van der Waals surface area contributed by atoms with Crippen LogP contribution in [0.3, 0.4) is 0 Å². The topological polar surface area (TPSA) is 74.6 Å². The van der Waals surface area contributed by atoms with Crippen molar-refractivity contribution in [3.63, 3.8) is 0 Å². The lowest BCUT2D eigenvalue weighted by Gasteiger charge is -2.03. The van der Waals surface area contributed by atoms with Crippen molar-refractivity contribution < 1.29 is 19.8 Å². The molecule has 13 heavy (non-hydrogen) atoms. The molecule has 0 spiro atoms. The first-order chi connectivity index (χ1) is 6.11. The zero-order valence-electron chi connectivity index (χ0n) is 7.14. The van der Waals surface area contributed by atoms with Gasteiger partial charge in [-0.15, -0.1) is 0 Å². The SMILES string of the molecule is O=C(O)C1C=CC(C(=O)O)CCC1. The first-order valence-electron chi connectivity index (χ1n) is 4.25. The van der Waals surface area contributed by atoms with Crippen LogP contribution < -0.4 is 0 Å². The number of hydrogen-bond acceptors (Lipinski definition) is 2. The van der Waals surface area contributed by atoms with Crippen LogP contribution in [-0.4, -0.2) is 22.2 Å². The zero-order chi connectivity index (χ0) is 9.84. The Morgan fingerprint density at radius 3 is 1.69 bits per heavy atom. The van der Waals surface area contributed by atoms with Crippen LogP contribution in [0.25, 0.3) is 0 Å². The van der Waals surface area contributed by atoms with Gasteiger partial charge in [-0.05, 0) is 12.8 Å². The highest BCUT2D eigenvalue weighted by atomic mass is 16.4. The molecule has 0 aliphatic heterocycles. The van der Waals surface area contributed by atoms with Crippen molar-refractivity contribution in [2.24, 2.45) is 11.8 Å². The van der Waals surface area contributed by atoms with Crippen molar-refractivity contribution in [3.05, 3.63) is 12.2 Å². The van der Waals surface area contributed by atoms with Gasteiger partial charge >= 0.3 is 11.9 Å². The average molecular weight is 184 g/mol. The molecule has 0 saturated carbocycles. The van der Waals surface area contributed by atoms with Crippen LogP contribution in [0.15, 0.2) is 12.2 Å². The largest absolute Gasteiger partial charge is 0.481 e. The van der Waals surface area contributed by atoms with Crippen molar-refractivity contribution >= 4 is 11.9 Å². The molecule has 72 valence electrons. The Labute approximate surface area is 75.9 Å². The van der Waals surface area contributed by atoms with E-state index < -0.39 is 23.8 Å². The number of aliphatic carboxylic acids is 2. The molecule has 0 saturated heterocycles. The van der Waals surface area contributed by atoms with Gasteiger partial charge in [-0.3, -0.25) is 9.59 Å². The van der Waals surface area contributed by atoms with Crippen LogP contribution in [0.5, 0.6) is 0 Å². The molecule has 2 atom stereocenters. The van der Waals surface area contributed by atoms with E-state index in [1.807, 2.05) is 0 Å². The van der Waals surface area contributed by atoms with Gasteiger partial charge in [-0.1, -0.05) is 18.6 Å². The monoisotopic (exact) mass is 184 g/mol. The van der Waals surface area contributed by atoms with Crippen LogP contribution >= 0.6 is 0 Å². The van der Waals surface area contributed by atoms with Gasteiger partial charge in [0.05, 0.1) is 11.8 Å². The fraction of sp³-hybridized carbons (Fsp3) is 0.556. The Hall–Kier alpha value is -1.32. The minimum atomic E-state index is -0.873. The van der Waals surface area contributed by atoms with Crippen LogP contribution in [-0.2, 0) is 9.59 Å². The Kier molecular flexibility index (Phi) is 3.06. The Bertz CT molecular complexity index is 220. The van der Waals surface area contributed by atoms with Crippen molar-refractivity contribution in [3.8, 4) is 0 Å². The van der Waals surface area contributed by atoms with E-state index in [9.17, 15) is 9.59 Å². The molecule has 0 fully saturated rings. The van der Waals surface area contributed by atoms with Crippen LogP contribution in [0, 0.1) is 11.8 Å². The molecule has 1 rings (SSSR count). The third-order valence-corrected chi connectivity index (χ3v) is 2.24. The summed E-state index contributed by atoms with van der Waals surface area (Å²) in [5.41, 5.74) is 0. The molecule has 4 nitrogen and oxygen atoms in total. The van der Waals surface area contributed by atoms with E-state index in [-0.39, 0.29) is 0 Å². The van der Waals surface area contributed by atoms with E-state index >= 15 is 0 Å². The predicted molar refractivity (Wildman–Crippen MR) is 45.2 cm³/mol. The van der Waals surface area contributed by atoms with Crippen molar-refractivity contribution in [1.82, 2.24) is 0 Å². The molecule has 0 radical (unpaired) electrons. The summed E-state index contributed by atoms with van der Waals surface area (Å²) in [6, 6.07) is 0. The van der Waals surface area contributed by atoms with Gasteiger partial charge in [0.15, 0.2) is 0 Å². The van der Waals surface area contributed by atoms with Gasteiger partial charge in [0.2, 0.25) is 0 Å². The van der Waals surface area contributed by atoms with E-state index in [0.717, 1.165) is 0 Å². The molecule has 4 heteroatoms. The number of rotatable bonds is 2. The van der Waals surface area contributed by atoms with Gasteiger partial charge in [0.25, 0.3) is 0 Å². The van der Waals surface area contributed by atoms with E-state index in [1.165, 1.54) is 12.2 Å². The molecule has 0 bridgehead atoms. The van der Waals surface area contributed by atoms with Gasteiger partial charge in [-0.25, -0.2) is 0 Å². The first-order valence-corrected chi connectivity index (χ1v) is 4.25. The third-order valence-electron chi connectivity index (χ3n) is 2.24. The Morgan fingerprint density at radius 2 is 1.38 bits per heavy atom. The third kappa shape index (κ3) is 2.57. The highest BCUT2D eigenvalue weighted by Gasteiger charge is 2.21. The van der Waals surface area contributed by atoms with Gasteiger partial charge in [0, 0.05) is 0 Å². The molecule has 1 aliphatic carbocycles. The smallest absolute Gasteiger partial charge is 0.310 e. The maximum atomic E-state index is 10.6. The van der Waals surface area contributed by atoms with Crippen molar-refractivity contribution in [2.75, 3.05) is 0 Å². The van der Waals surface area contributed by atoms with Crippen LogP contribution in [0.4, 0.5) is 0 Å². The lowest BCUT2D eigenvalue weighted by atomic mass is 10.0. The molecular formula is C9H12O4. The first kappa shape index (κ1) is 9.77. The van der Waals surface area contributed by atoms with E-state index in [0.29, 0.717) is 19.3 Å². The summed E-state index contributed by atoms with van der Waals surface area (Å²) >= 11 is 0. The maximum Gasteiger partial charge on any atom is 0.310 e. The summed E-state index contributed by atoms with van der Waals surface area (Å²) in [5.74, 6) is -2.77. The van der Waals surface area contributed by atoms with E-state index in [1.54, 1.807) is 0 Å². The standard InChI is InChI=1S/C9H12O4/c10-8(11)6-2-1-3-7(5-4-6)9(12)13/h4-7H,1-3H2,(H,10,11)(H,12,13). The van der Waals surface area contributed by atoms with Crippen molar-refractivity contribution in [1.29, 1.82) is 0 Å². The van der Waals surface area contributed by atoms with Crippen molar-refractivity contribution in [2.45, 2.75) is 19.3 Å². The molecule has 0 heterocycles. The molecule has 2 unspecified atom stereocenters. The second kappa shape index (κ2) is 4.07. The fourth-order valence-corrected chi connectivity index (χ4v) is 1.43. The Balaban J connectivity index is 2.65. The lowest BCUT2D eigenvalue weighted by molar-refractivity contribution is -0.141. The number of hydrogen-bond donors (Lipinski definition) is 2. The highest BCUT2D eigenvalue weighted by molar-refractivity contribution is 5.74. The molecule has 0 aromatic carbocycles. The Morgan fingerprint density at radius 1 is 1.00 bits per heavy atom. The summed E-state index contributed by atoms with van der Waals surface area (Å²) < 4.78 is 0. The van der Waals surface area contributed by atoms with Crippen LogP contribution in [0.2, 0.25) is 0 Å². The minimum Gasteiger partial charge on any atom is -0.481 e. The molecular weight excluding hydrogens is 172 g/mol. The number of carboxylic acid groups (broad SMARTS) is 2. The second-order valence-corrected chi connectivity index (χ2v) is 3.21. The highest BCUT2D eigenvalue weighted by Crippen LogP contribution is 2.21. The van der Waals surface area contributed by atoms with Crippen LogP contribution in [0.1, 0.15) is 19.3 Å². The van der Waals surface area contributed by atoms with E-state index in [4.69, 9.17) is 10.2 Å². The lowest BCUT2D eigenvalue weighted by Crippen LogP contribution is -2.09. The second-order valence-electron chi connectivity index (χ2n) is 3.21. The quantitative estimate of drug-likeness (QED) is 0.631. The zero-order valence-corrected chi connectivity index (χ0v) is 7.14. The number of carboxylic acids is 2. The summed E-state index contributed by atoms with van der Waals surface area (Å²) in [7, 11) is 0. The van der Waals surface area contributed by atoms with Gasteiger partial charge in [0.1, 0.15) is 0 Å². The molecule has 0 aromatic heterocycles. The normalized spacial score (nSPS) is 28.0. The molecule has 1 aliphatic rings. The predicted octanol–water partition coefficient (Wildman–Crippen LogP) is 1.13. The van der Waals surface area contributed by atoms with Gasteiger partial charge < -0.3 is 10.2 Å². The summed E-state index contributed by atoms with van der Waals surface area (Å²) in [4.78, 5) is 21.2. The number of carbonyl (C=O) groups is 2.